The molecule has 0 fully saturated rings. The van der Waals surface area contributed by atoms with E-state index < -0.39 is 6.09 Å². The lowest BCUT2D eigenvalue weighted by atomic mass is 10.3. The zero-order valence-corrected chi connectivity index (χ0v) is 9.65. The molecule has 18 heavy (non-hydrogen) atoms. The van der Waals surface area contributed by atoms with Gasteiger partial charge < -0.3 is 5.11 Å². The van der Waals surface area contributed by atoms with Gasteiger partial charge in [-0.1, -0.05) is 6.07 Å². The highest BCUT2D eigenvalue weighted by molar-refractivity contribution is 5.66. The molecule has 0 spiro atoms. The van der Waals surface area contributed by atoms with Gasteiger partial charge in [0.1, 0.15) is 0 Å². The Morgan fingerprint density at radius 3 is 3.00 bits per heavy atom. The molecule has 0 aliphatic carbocycles. The number of pyridine rings is 1. The second-order valence-electron chi connectivity index (χ2n) is 4.30. The van der Waals surface area contributed by atoms with Gasteiger partial charge in [-0.05, 0) is 11.6 Å². The van der Waals surface area contributed by atoms with Crippen molar-refractivity contribution in [1.82, 2.24) is 19.7 Å². The zero-order chi connectivity index (χ0) is 12.5. The van der Waals surface area contributed by atoms with E-state index in [1.165, 1.54) is 4.90 Å². The van der Waals surface area contributed by atoms with Crippen molar-refractivity contribution >= 4 is 6.09 Å². The molecule has 6 heteroatoms. The second kappa shape index (κ2) is 4.14. The van der Waals surface area contributed by atoms with E-state index in [0.717, 1.165) is 16.8 Å². The third-order valence-corrected chi connectivity index (χ3v) is 2.96. The monoisotopic (exact) mass is 244 g/mol. The van der Waals surface area contributed by atoms with Crippen molar-refractivity contribution in [3.05, 3.63) is 47.5 Å². The fourth-order valence-electron chi connectivity index (χ4n) is 2.11. The fraction of sp³-hybridized carbons (Fsp3) is 0.250. The van der Waals surface area contributed by atoms with Crippen molar-refractivity contribution in [2.75, 3.05) is 0 Å². The molecule has 0 saturated heterocycles. The van der Waals surface area contributed by atoms with Crippen LogP contribution in [0.5, 0.6) is 0 Å². The molecule has 2 aromatic heterocycles. The minimum absolute atomic E-state index is 0.380. The molecule has 0 saturated carbocycles. The van der Waals surface area contributed by atoms with Crippen LogP contribution in [0.4, 0.5) is 4.79 Å². The van der Waals surface area contributed by atoms with Gasteiger partial charge in [0.2, 0.25) is 0 Å². The summed E-state index contributed by atoms with van der Waals surface area (Å²) in [6, 6.07) is 3.88. The van der Waals surface area contributed by atoms with Gasteiger partial charge in [-0.2, -0.15) is 5.10 Å². The maximum atomic E-state index is 10.8. The van der Waals surface area contributed by atoms with Crippen LogP contribution in [0.3, 0.4) is 0 Å². The van der Waals surface area contributed by atoms with Crippen molar-refractivity contribution in [3.63, 3.8) is 0 Å². The molecule has 0 atom stereocenters. The first-order valence-corrected chi connectivity index (χ1v) is 5.64. The molecule has 2 aromatic rings. The summed E-state index contributed by atoms with van der Waals surface area (Å²) in [5, 5.41) is 13.3. The number of amides is 1. The lowest BCUT2D eigenvalue weighted by molar-refractivity contribution is 0.144. The van der Waals surface area contributed by atoms with E-state index in [1.54, 1.807) is 12.4 Å². The zero-order valence-electron chi connectivity index (χ0n) is 9.65. The first kappa shape index (κ1) is 10.8. The molecule has 0 bridgehead atoms. The summed E-state index contributed by atoms with van der Waals surface area (Å²) in [7, 11) is 0. The molecule has 6 nitrogen and oxygen atoms in total. The molecule has 3 rings (SSSR count). The van der Waals surface area contributed by atoms with Crippen LogP contribution in [0.1, 0.15) is 16.8 Å². The van der Waals surface area contributed by atoms with E-state index in [4.69, 9.17) is 5.11 Å². The summed E-state index contributed by atoms with van der Waals surface area (Å²) in [4.78, 5) is 16.2. The Hall–Kier alpha value is -2.37. The number of carboxylic acid groups (broad SMARTS) is 1. The molecule has 1 aliphatic heterocycles. The predicted octanol–water partition coefficient (Wildman–Crippen LogP) is 1.32. The first-order valence-electron chi connectivity index (χ1n) is 5.64. The molecule has 0 radical (unpaired) electrons. The van der Waals surface area contributed by atoms with Crippen molar-refractivity contribution in [2.45, 2.75) is 19.6 Å². The van der Waals surface area contributed by atoms with Crippen LogP contribution < -0.4 is 0 Å². The third kappa shape index (κ3) is 1.92. The molecule has 1 amide bonds. The van der Waals surface area contributed by atoms with Crippen LogP contribution in [0, 0.1) is 0 Å². The third-order valence-electron chi connectivity index (χ3n) is 2.96. The minimum atomic E-state index is -0.896. The standard InChI is InChI=1S/C12H12N4O2/c17-12(18)15-6-10-7-16(14-11(10)8-15)5-9-2-1-3-13-4-9/h1-4,7H,5-6,8H2,(H,17,18). The highest BCUT2D eigenvalue weighted by atomic mass is 16.4. The number of hydrogen-bond donors (Lipinski definition) is 1. The van der Waals surface area contributed by atoms with Crippen LogP contribution in [0.25, 0.3) is 0 Å². The Morgan fingerprint density at radius 2 is 2.33 bits per heavy atom. The topological polar surface area (TPSA) is 71.2 Å². The van der Waals surface area contributed by atoms with Gasteiger partial charge in [0, 0.05) is 24.2 Å². The van der Waals surface area contributed by atoms with E-state index >= 15 is 0 Å². The van der Waals surface area contributed by atoms with Crippen molar-refractivity contribution in [1.29, 1.82) is 0 Å². The normalized spacial score (nSPS) is 13.7. The van der Waals surface area contributed by atoms with E-state index in [2.05, 4.69) is 10.1 Å². The lowest BCUT2D eigenvalue weighted by Crippen LogP contribution is -2.23. The number of hydrogen-bond acceptors (Lipinski definition) is 3. The van der Waals surface area contributed by atoms with Crippen LogP contribution >= 0.6 is 0 Å². The van der Waals surface area contributed by atoms with Crippen LogP contribution in [-0.4, -0.2) is 30.9 Å². The van der Waals surface area contributed by atoms with Gasteiger partial charge >= 0.3 is 6.09 Å². The van der Waals surface area contributed by atoms with E-state index in [1.807, 2.05) is 23.0 Å². The SMILES string of the molecule is O=C(O)N1Cc2cn(Cc3cccnc3)nc2C1. The van der Waals surface area contributed by atoms with Gasteiger partial charge in [0.15, 0.2) is 0 Å². The highest BCUT2D eigenvalue weighted by Crippen LogP contribution is 2.21. The Balaban J connectivity index is 1.75. The summed E-state index contributed by atoms with van der Waals surface area (Å²) in [5.74, 6) is 0. The van der Waals surface area contributed by atoms with Crippen LogP contribution in [0.2, 0.25) is 0 Å². The Bertz CT molecular complexity index is 556. The van der Waals surface area contributed by atoms with E-state index in [-0.39, 0.29) is 0 Å². The van der Waals surface area contributed by atoms with Gasteiger partial charge in [-0.3, -0.25) is 14.6 Å². The largest absolute Gasteiger partial charge is 0.465 e. The summed E-state index contributed by atoms with van der Waals surface area (Å²) in [6.07, 6.45) is 4.55. The maximum absolute atomic E-state index is 10.8. The number of rotatable bonds is 2. The summed E-state index contributed by atoms with van der Waals surface area (Å²) in [6.45, 7) is 1.47. The van der Waals surface area contributed by atoms with Crippen molar-refractivity contribution in [2.24, 2.45) is 0 Å². The van der Waals surface area contributed by atoms with Gasteiger partial charge in [-0.15, -0.1) is 0 Å². The molecule has 1 N–H and O–H groups in total. The van der Waals surface area contributed by atoms with Gasteiger partial charge in [0.05, 0.1) is 25.3 Å². The average molecular weight is 244 g/mol. The van der Waals surface area contributed by atoms with E-state index in [0.29, 0.717) is 19.6 Å². The Kier molecular flexibility index (Phi) is 2.47. The lowest BCUT2D eigenvalue weighted by Gasteiger charge is -2.10. The minimum Gasteiger partial charge on any atom is -0.465 e. The summed E-state index contributed by atoms with van der Waals surface area (Å²) in [5.41, 5.74) is 2.91. The second-order valence-corrected chi connectivity index (χ2v) is 4.30. The van der Waals surface area contributed by atoms with Crippen LogP contribution in [0.15, 0.2) is 30.7 Å². The van der Waals surface area contributed by atoms with Gasteiger partial charge in [0.25, 0.3) is 0 Å². The highest BCUT2D eigenvalue weighted by Gasteiger charge is 2.25. The Labute approximate surface area is 103 Å². The fourth-order valence-corrected chi connectivity index (χ4v) is 2.11. The number of carbonyl (C=O) groups is 1. The van der Waals surface area contributed by atoms with Crippen molar-refractivity contribution in [3.8, 4) is 0 Å². The van der Waals surface area contributed by atoms with Crippen molar-refractivity contribution < 1.29 is 9.90 Å². The first-order chi connectivity index (χ1) is 8.72. The number of fused-ring (bicyclic) bond motifs is 1. The summed E-state index contributed by atoms with van der Waals surface area (Å²) >= 11 is 0. The van der Waals surface area contributed by atoms with Gasteiger partial charge in [-0.25, -0.2) is 4.79 Å². The Morgan fingerprint density at radius 1 is 1.44 bits per heavy atom. The van der Waals surface area contributed by atoms with Crippen LogP contribution in [-0.2, 0) is 19.6 Å². The molecule has 0 unspecified atom stereocenters. The molecular weight excluding hydrogens is 232 g/mol. The molecular formula is C12H12N4O2. The molecule has 3 heterocycles. The molecule has 92 valence electrons. The van der Waals surface area contributed by atoms with E-state index in [9.17, 15) is 4.79 Å². The molecule has 1 aliphatic rings. The average Bonchev–Trinajstić information content (AvgIpc) is 2.88. The number of aromatic nitrogens is 3. The quantitative estimate of drug-likeness (QED) is 0.864. The summed E-state index contributed by atoms with van der Waals surface area (Å²) < 4.78 is 1.83. The predicted molar refractivity (Wildman–Crippen MR) is 62.8 cm³/mol. The number of nitrogens with zero attached hydrogens (tertiary/aromatic N) is 4. The molecule has 0 aromatic carbocycles. The maximum Gasteiger partial charge on any atom is 0.407 e. The smallest absolute Gasteiger partial charge is 0.407 e.